The first kappa shape index (κ1) is 16.7. The molecule has 1 aliphatic rings. The van der Waals surface area contributed by atoms with Crippen molar-refractivity contribution in [2.24, 2.45) is 5.92 Å². The number of benzene rings is 1. The zero-order chi connectivity index (χ0) is 17.1. The number of ether oxygens (including phenoxy) is 1. The van der Waals surface area contributed by atoms with Gasteiger partial charge in [-0.05, 0) is 25.8 Å². The smallest absolute Gasteiger partial charge is 0.309 e. The number of piperidine rings is 1. The molecule has 24 heavy (non-hydrogen) atoms. The molecule has 1 aromatic carbocycles. The summed E-state index contributed by atoms with van der Waals surface area (Å²) >= 11 is 6.28. The first-order valence-electron chi connectivity index (χ1n) is 8.10. The Bertz CT molecular complexity index is 765. The summed E-state index contributed by atoms with van der Waals surface area (Å²) in [6.07, 6.45) is 4.51. The topological polar surface area (TPSA) is 59.5 Å². The van der Waals surface area contributed by atoms with Crippen LogP contribution < -0.4 is 0 Å². The molecule has 5 nitrogen and oxygen atoms in total. The zero-order valence-electron chi connectivity index (χ0n) is 13.5. The predicted molar refractivity (Wildman–Crippen MR) is 92.0 cm³/mol. The van der Waals surface area contributed by atoms with E-state index in [1.54, 1.807) is 30.3 Å². The maximum absolute atomic E-state index is 12.9. The molecular formula is C18H19ClN2O3. The lowest BCUT2D eigenvalue weighted by atomic mass is 9.96. The molecule has 0 spiro atoms. The molecule has 0 unspecified atom stereocenters. The number of pyridine rings is 1. The van der Waals surface area contributed by atoms with E-state index in [0.717, 1.165) is 10.8 Å². The van der Waals surface area contributed by atoms with Gasteiger partial charge in [0.1, 0.15) is 0 Å². The van der Waals surface area contributed by atoms with Gasteiger partial charge >= 0.3 is 5.97 Å². The number of halogens is 1. The van der Waals surface area contributed by atoms with Crippen LogP contribution in [0.3, 0.4) is 0 Å². The molecule has 2 heterocycles. The monoisotopic (exact) mass is 346 g/mol. The summed E-state index contributed by atoms with van der Waals surface area (Å²) in [5.41, 5.74) is 0.507. The van der Waals surface area contributed by atoms with E-state index in [1.807, 2.05) is 12.1 Å². The van der Waals surface area contributed by atoms with E-state index < -0.39 is 0 Å². The first-order valence-corrected chi connectivity index (χ1v) is 8.47. The standard InChI is InChI=1S/C18H19ClN2O3/c1-2-24-18(23)12-6-8-21(9-7-12)17(22)14-11-20-10-13-4-3-5-15(19)16(13)14/h3-5,10-12H,2,6-9H2,1H3. The molecule has 1 aromatic heterocycles. The quantitative estimate of drug-likeness (QED) is 0.800. The van der Waals surface area contributed by atoms with Gasteiger partial charge in [0.25, 0.3) is 5.91 Å². The molecule has 1 saturated heterocycles. The third kappa shape index (κ3) is 3.22. The molecular weight excluding hydrogens is 328 g/mol. The minimum absolute atomic E-state index is 0.0940. The molecule has 2 aromatic rings. The van der Waals surface area contributed by atoms with Gasteiger partial charge in [-0.15, -0.1) is 0 Å². The third-order valence-electron chi connectivity index (χ3n) is 4.36. The number of carbonyl (C=O) groups excluding carboxylic acids is 2. The van der Waals surface area contributed by atoms with Crippen molar-refractivity contribution < 1.29 is 14.3 Å². The van der Waals surface area contributed by atoms with E-state index in [1.165, 1.54) is 0 Å². The molecule has 126 valence electrons. The minimum Gasteiger partial charge on any atom is -0.466 e. The van der Waals surface area contributed by atoms with Gasteiger partial charge in [-0.2, -0.15) is 0 Å². The van der Waals surface area contributed by atoms with E-state index in [0.29, 0.717) is 43.1 Å². The summed E-state index contributed by atoms with van der Waals surface area (Å²) in [7, 11) is 0. The van der Waals surface area contributed by atoms with E-state index in [-0.39, 0.29) is 17.8 Å². The molecule has 1 aliphatic heterocycles. The van der Waals surface area contributed by atoms with Gasteiger partial charge in [0.05, 0.1) is 18.1 Å². The SMILES string of the molecule is CCOC(=O)C1CCN(C(=O)c2cncc3cccc(Cl)c23)CC1. The maximum Gasteiger partial charge on any atom is 0.309 e. The Hall–Kier alpha value is -2.14. The molecule has 1 amide bonds. The van der Waals surface area contributed by atoms with Gasteiger partial charge in [0.15, 0.2) is 0 Å². The van der Waals surface area contributed by atoms with E-state index in [9.17, 15) is 9.59 Å². The van der Waals surface area contributed by atoms with Crippen molar-refractivity contribution in [3.8, 4) is 0 Å². The summed E-state index contributed by atoms with van der Waals surface area (Å²) in [5.74, 6) is -0.383. The van der Waals surface area contributed by atoms with Crippen molar-refractivity contribution in [2.75, 3.05) is 19.7 Å². The highest BCUT2D eigenvalue weighted by Gasteiger charge is 2.29. The van der Waals surface area contributed by atoms with Crippen LogP contribution in [0.4, 0.5) is 0 Å². The summed E-state index contributed by atoms with van der Waals surface area (Å²) in [5, 5.41) is 2.11. The number of carbonyl (C=O) groups is 2. The van der Waals surface area contributed by atoms with E-state index in [2.05, 4.69) is 4.98 Å². The lowest BCUT2D eigenvalue weighted by Crippen LogP contribution is -2.40. The summed E-state index contributed by atoms with van der Waals surface area (Å²) in [6, 6.07) is 5.50. The number of hydrogen-bond acceptors (Lipinski definition) is 4. The summed E-state index contributed by atoms with van der Waals surface area (Å²) in [4.78, 5) is 30.6. The number of aromatic nitrogens is 1. The highest BCUT2D eigenvalue weighted by atomic mass is 35.5. The van der Waals surface area contributed by atoms with Crippen LogP contribution in [-0.4, -0.2) is 41.5 Å². The molecule has 6 heteroatoms. The molecule has 3 rings (SSSR count). The molecule has 0 bridgehead atoms. The van der Waals surface area contributed by atoms with Crippen LogP contribution in [0, 0.1) is 5.92 Å². The van der Waals surface area contributed by atoms with Crippen molar-refractivity contribution in [1.82, 2.24) is 9.88 Å². The fourth-order valence-corrected chi connectivity index (χ4v) is 3.38. The van der Waals surface area contributed by atoms with Gasteiger partial charge < -0.3 is 9.64 Å². The Labute approximate surface area is 145 Å². The first-order chi connectivity index (χ1) is 11.6. The Morgan fingerprint density at radius 1 is 1.29 bits per heavy atom. The van der Waals surface area contributed by atoms with Gasteiger partial charge in [0, 0.05) is 41.3 Å². The number of hydrogen-bond donors (Lipinski definition) is 0. The summed E-state index contributed by atoms with van der Waals surface area (Å²) in [6.45, 7) is 3.25. The number of nitrogens with zero attached hydrogens (tertiary/aromatic N) is 2. The molecule has 1 fully saturated rings. The lowest BCUT2D eigenvalue weighted by Gasteiger charge is -2.31. The van der Waals surface area contributed by atoms with Gasteiger partial charge in [0.2, 0.25) is 0 Å². The lowest BCUT2D eigenvalue weighted by molar-refractivity contribution is -0.149. The Kier molecular flexibility index (Phi) is 5.00. The van der Waals surface area contributed by atoms with Crippen LogP contribution in [0.15, 0.2) is 30.6 Å². The van der Waals surface area contributed by atoms with Crippen molar-refractivity contribution in [1.29, 1.82) is 0 Å². The van der Waals surface area contributed by atoms with Crippen LogP contribution in [0.2, 0.25) is 5.02 Å². The predicted octanol–water partition coefficient (Wildman–Crippen LogP) is 3.30. The average Bonchev–Trinajstić information content (AvgIpc) is 2.61. The van der Waals surface area contributed by atoms with Crippen LogP contribution >= 0.6 is 11.6 Å². The second kappa shape index (κ2) is 7.18. The number of fused-ring (bicyclic) bond motifs is 1. The van der Waals surface area contributed by atoms with Crippen molar-refractivity contribution in [3.63, 3.8) is 0 Å². The number of amides is 1. The minimum atomic E-state index is -0.167. The second-order valence-electron chi connectivity index (χ2n) is 5.84. The largest absolute Gasteiger partial charge is 0.466 e. The average molecular weight is 347 g/mol. The van der Waals surface area contributed by atoms with Gasteiger partial charge in [-0.3, -0.25) is 14.6 Å². The van der Waals surface area contributed by atoms with E-state index >= 15 is 0 Å². The fourth-order valence-electron chi connectivity index (χ4n) is 3.10. The molecule has 0 N–H and O–H groups in total. The van der Waals surface area contributed by atoms with Crippen LogP contribution in [0.25, 0.3) is 10.8 Å². The van der Waals surface area contributed by atoms with Crippen LogP contribution in [-0.2, 0) is 9.53 Å². The Morgan fingerprint density at radius 2 is 2.04 bits per heavy atom. The Balaban J connectivity index is 1.78. The molecule has 0 radical (unpaired) electrons. The van der Waals surface area contributed by atoms with Crippen LogP contribution in [0.1, 0.15) is 30.1 Å². The van der Waals surface area contributed by atoms with Crippen LogP contribution in [0.5, 0.6) is 0 Å². The Morgan fingerprint density at radius 3 is 2.75 bits per heavy atom. The van der Waals surface area contributed by atoms with Crippen molar-refractivity contribution >= 4 is 34.2 Å². The second-order valence-corrected chi connectivity index (χ2v) is 6.25. The highest BCUT2D eigenvalue weighted by Crippen LogP contribution is 2.28. The fraction of sp³-hybridized carbons (Fsp3) is 0.389. The zero-order valence-corrected chi connectivity index (χ0v) is 14.3. The number of esters is 1. The third-order valence-corrected chi connectivity index (χ3v) is 4.68. The molecule has 0 saturated carbocycles. The van der Waals surface area contributed by atoms with Crippen molar-refractivity contribution in [2.45, 2.75) is 19.8 Å². The van der Waals surface area contributed by atoms with Gasteiger partial charge in [-0.1, -0.05) is 23.7 Å². The molecule has 0 atom stereocenters. The van der Waals surface area contributed by atoms with E-state index in [4.69, 9.17) is 16.3 Å². The summed E-state index contributed by atoms with van der Waals surface area (Å²) < 4.78 is 5.07. The number of rotatable bonds is 3. The number of likely N-dealkylation sites (tertiary alicyclic amines) is 1. The normalized spacial score (nSPS) is 15.5. The van der Waals surface area contributed by atoms with Crippen molar-refractivity contribution in [3.05, 3.63) is 41.2 Å². The molecule has 0 aliphatic carbocycles. The highest BCUT2D eigenvalue weighted by molar-refractivity contribution is 6.36. The van der Waals surface area contributed by atoms with Gasteiger partial charge in [-0.25, -0.2) is 0 Å². The maximum atomic E-state index is 12.9.